The van der Waals surface area contributed by atoms with E-state index < -0.39 is 0 Å². The average molecular weight is 891 g/mol. The maximum absolute atomic E-state index is 5.55. The maximum atomic E-state index is 5.55. The van der Waals surface area contributed by atoms with Crippen LogP contribution in [0.5, 0.6) is 0 Å². The van der Waals surface area contributed by atoms with Crippen LogP contribution in [0.1, 0.15) is 0 Å². The van der Waals surface area contributed by atoms with E-state index in [0.29, 0.717) is 66.2 Å². The standard InChI is InChI=1S/C58H26N12/c1-5-27-13-19-39-40-20-14-28-6-2-10-32(46(28)64-40)38-24-18-36-50(62-38)49-35(17-23-37(61-49)31(9-1)45(27)63-39)51-52(36)70-58-54-56-55-53(57(58)69-51)59-25-43(67-55)33-11-3-7-29-15-21-41(65-47(29)33)42-22-16-30-8-4-12-34(48(30)66-42)44(68-56)26-60-54/h1-26H. The molecule has 0 saturated heterocycles. The van der Waals surface area contributed by atoms with Gasteiger partial charge in [0.25, 0.3) is 0 Å². The molecule has 16 bridgehead atoms. The van der Waals surface area contributed by atoms with Crippen molar-refractivity contribution in [3.05, 3.63) is 158 Å². The second kappa shape index (κ2) is 12.9. The number of hydrogen-bond acceptors (Lipinski definition) is 12. The summed E-state index contributed by atoms with van der Waals surface area (Å²) >= 11 is 0. The van der Waals surface area contributed by atoms with Crippen LogP contribution in [0, 0.1) is 0 Å². The molecule has 318 valence electrons. The van der Waals surface area contributed by atoms with Crippen LogP contribution in [0.3, 0.4) is 0 Å². The zero-order valence-corrected chi connectivity index (χ0v) is 36.4. The van der Waals surface area contributed by atoms with Gasteiger partial charge < -0.3 is 0 Å². The zero-order valence-electron chi connectivity index (χ0n) is 36.4. The highest BCUT2D eigenvalue weighted by Gasteiger charge is 2.22. The van der Waals surface area contributed by atoms with Crippen LogP contribution < -0.4 is 0 Å². The minimum Gasteiger partial charge on any atom is -0.250 e. The third-order valence-corrected chi connectivity index (χ3v) is 14.1. The highest BCUT2D eigenvalue weighted by atomic mass is 14.9. The van der Waals surface area contributed by atoms with Crippen molar-refractivity contribution in [2.24, 2.45) is 0 Å². The summed E-state index contributed by atoms with van der Waals surface area (Å²) in [5.74, 6) is 0. The second-order valence-electron chi connectivity index (χ2n) is 18.0. The summed E-state index contributed by atoms with van der Waals surface area (Å²) in [6, 6.07) is 49.4. The minimum absolute atomic E-state index is 0.548. The van der Waals surface area contributed by atoms with Crippen molar-refractivity contribution in [3.8, 4) is 0 Å². The minimum atomic E-state index is 0.548. The number of aromatic nitrogens is 12. The monoisotopic (exact) mass is 890 g/mol. The van der Waals surface area contributed by atoms with Gasteiger partial charge in [0.1, 0.15) is 33.1 Å². The third kappa shape index (κ3) is 4.82. The fourth-order valence-electron chi connectivity index (χ4n) is 10.8. The second-order valence-corrected chi connectivity index (χ2v) is 18.0. The average Bonchev–Trinajstić information content (AvgIpc) is 3.42. The van der Waals surface area contributed by atoms with Gasteiger partial charge in [-0.25, -0.2) is 59.8 Å². The van der Waals surface area contributed by atoms with Gasteiger partial charge >= 0.3 is 0 Å². The lowest BCUT2D eigenvalue weighted by Crippen LogP contribution is -2.00. The van der Waals surface area contributed by atoms with Crippen molar-refractivity contribution in [1.82, 2.24) is 59.8 Å². The van der Waals surface area contributed by atoms with Crippen LogP contribution in [0.25, 0.3) is 175 Å². The molecule has 12 nitrogen and oxygen atoms in total. The third-order valence-electron chi connectivity index (χ3n) is 14.1. The zero-order chi connectivity index (χ0) is 45.3. The maximum Gasteiger partial charge on any atom is 0.120 e. The molecule has 17 aromatic rings. The molecule has 0 aliphatic heterocycles. The number of para-hydroxylation sites is 4. The quantitative estimate of drug-likeness (QED) is 0.105. The smallest absolute Gasteiger partial charge is 0.120 e. The molecule has 11 heterocycles. The molecule has 0 fully saturated rings. The van der Waals surface area contributed by atoms with E-state index in [1.165, 1.54) is 0 Å². The first-order valence-electron chi connectivity index (χ1n) is 23.0. The Morgan fingerprint density at radius 3 is 0.829 bits per heavy atom. The Hall–Kier alpha value is -9.94. The van der Waals surface area contributed by atoms with Gasteiger partial charge in [0, 0.05) is 53.9 Å². The number of nitrogens with zero attached hydrogens (tertiary/aromatic N) is 12. The molecule has 17 rings (SSSR count). The fraction of sp³-hybridized carbons (Fsp3) is 0. The first-order chi connectivity index (χ1) is 34.6. The van der Waals surface area contributed by atoms with E-state index in [1.54, 1.807) is 12.4 Å². The highest BCUT2D eigenvalue weighted by molar-refractivity contribution is 6.27. The van der Waals surface area contributed by atoms with E-state index in [4.69, 9.17) is 59.8 Å². The van der Waals surface area contributed by atoms with Gasteiger partial charge in [-0.2, -0.15) is 0 Å². The molecule has 0 aliphatic carbocycles. The lowest BCUT2D eigenvalue weighted by atomic mass is 10.0. The van der Waals surface area contributed by atoms with Crippen LogP contribution in [0.4, 0.5) is 0 Å². The summed E-state index contributed by atoms with van der Waals surface area (Å²) in [4.78, 5) is 64.2. The van der Waals surface area contributed by atoms with E-state index in [-0.39, 0.29) is 0 Å². The predicted octanol–water partition coefficient (Wildman–Crippen LogP) is 12.9. The molecule has 0 unspecified atom stereocenters. The van der Waals surface area contributed by atoms with Crippen molar-refractivity contribution in [2.45, 2.75) is 0 Å². The summed E-state index contributed by atoms with van der Waals surface area (Å²) < 4.78 is 0. The van der Waals surface area contributed by atoms with Crippen molar-refractivity contribution in [3.63, 3.8) is 0 Å². The van der Waals surface area contributed by atoms with Crippen LogP contribution in [-0.4, -0.2) is 59.8 Å². The van der Waals surface area contributed by atoms with E-state index in [0.717, 1.165) is 109 Å². The molecular formula is C58H26N12. The molecule has 12 heteroatoms. The Labute approximate surface area is 391 Å². The molecule has 6 aromatic carbocycles. The van der Waals surface area contributed by atoms with Crippen molar-refractivity contribution < 1.29 is 0 Å². The van der Waals surface area contributed by atoms with E-state index in [9.17, 15) is 0 Å². The van der Waals surface area contributed by atoms with Crippen LogP contribution in [0.15, 0.2) is 158 Å². The molecule has 70 heavy (non-hydrogen) atoms. The van der Waals surface area contributed by atoms with E-state index >= 15 is 0 Å². The van der Waals surface area contributed by atoms with Gasteiger partial charge in [-0.15, -0.1) is 0 Å². The molecule has 0 amide bonds. The van der Waals surface area contributed by atoms with Crippen LogP contribution >= 0.6 is 0 Å². The summed E-state index contributed by atoms with van der Waals surface area (Å²) in [5, 5.41) is 9.02. The summed E-state index contributed by atoms with van der Waals surface area (Å²) in [5.41, 5.74) is 15.1. The molecule has 0 atom stereocenters. The Morgan fingerprint density at radius 1 is 0.171 bits per heavy atom. The topological polar surface area (TPSA) is 155 Å². The Bertz CT molecular complexity index is 4670. The predicted molar refractivity (Wildman–Crippen MR) is 280 cm³/mol. The van der Waals surface area contributed by atoms with Gasteiger partial charge in [0.2, 0.25) is 0 Å². The van der Waals surface area contributed by atoms with Gasteiger partial charge in [0.05, 0.1) is 101 Å². The van der Waals surface area contributed by atoms with Crippen molar-refractivity contribution in [1.29, 1.82) is 0 Å². The summed E-state index contributed by atoms with van der Waals surface area (Å²) in [6.45, 7) is 0. The lowest BCUT2D eigenvalue weighted by molar-refractivity contribution is 1.31. The first kappa shape index (κ1) is 36.2. The molecule has 0 aliphatic rings. The normalized spacial score (nSPS) is 12.6. The lowest BCUT2D eigenvalue weighted by Gasteiger charge is -2.13. The van der Waals surface area contributed by atoms with E-state index in [1.807, 2.05) is 72.8 Å². The van der Waals surface area contributed by atoms with Gasteiger partial charge in [0.15, 0.2) is 0 Å². The molecular weight excluding hydrogens is 865 g/mol. The number of pyridine rings is 6. The first-order valence-corrected chi connectivity index (χ1v) is 23.0. The Kier molecular flexibility index (Phi) is 6.69. The molecule has 0 N–H and O–H groups in total. The van der Waals surface area contributed by atoms with Gasteiger partial charge in [-0.1, -0.05) is 97.1 Å². The van der Waals surface area contributed by atoms with Crippen LogP contribution in [0.2, 0.25) is 0 Å². The van der Waals surface area contributed by atoms with E-state index in [2.05, 4.69) is 72.8 Å². The molecule has 11 aromatic heterocycles. The fourth-order valence-corrected chi connectivity index (χ4v) is 10.8. The summed E-state index contributed by atoms with van der Waals surface area (Å²) in [6.07, 6.45) is 3.60. The van der Waals surface area contributed by atoms with Crippen LogP contribution in [-0.2, 0) is 0 Å². The number of benzene rings is 6. The highest BCUT2D eigenvalue weighted by Crippen LogP contribution is 2.39. The Balaban J connectivity index is 1.07. The molecule has 0 saturated carbocycles. The number of fused-ring (bicyclic) bond motifs is 20. The van der Waals surface area contributed by atoms with Crippen molar-refractivity contribution in [2.75, 3.05) is 0 Å². The number of hydrogen-bond donors (Lipinski definition) is 0. The number of rotatable bonds is 0. The van der Waals surface area contributed by atoms with Crippen molar-refractivity contribution >= 4 is 175 Å². The molecule has 0 spiro atoms. The molecule has 0 radical (unpaired) electrons. The Morgan fingerprint density at radius 2 is 0.457 bits per heavy atom. The van der Waals surface area contributed by atoms with Gasteiger partial charge in [-0.3, -0.25) is 0 Å². The SMILES string of the molecule is c1cc2ccc3nc2c(c1)c1ccc2c(n1)c1nc(ccc1c1nc4c5ncc6nc5c5nc(cnc5c4nc21)c1cccc2ccc(nc21)c1ccc2cccc6c2n1)c1cccc2ccc3nc21. The summed E-state index contributed by atoms with van der Waals surface area (Å²) in [7, 11) is 0. The largest absolute Gasteiger partial charge is 0.250 e. The van der Waals surface area contributed by atoms with Gasteiger partial charge in [-0.05, 0) is 48.5 Å².